The summed E-state index contributed by atoms with van der Waals surface area (Å²) in [5.74, 6) is 1.02. The number of hydrogen-bond donors (Lipinski definition) is 0. The van der Waals surface area contributed by atoms with Crippen molar-refractivity contribution in [2.24, 2.45) is 5.92 Å². The fourth-order valence-corrected chi connectivity index (χ4v) is 6.46. The van der Waals surface area contributed by atoms with E-state index in [0.717, 1.165) is 11.6 Å². The van der Waals surface area contributed by atoms with E-state index in [4.69, 9.17) is 0 Å². The summed E-state index contributed by atoms with van der Waals surface area (Å²) in [4.78, 5) is 0. The van der Waals surface area contributed by atoms with Crippen LogP contribution in [0.15, 0.2) is 0 Å². The second-order valence-corrected chi connectivity index (χ2v) is 9.17. The van der Waals surface area contributed by atoms with Gasteiger partial charge >= 0.3 is 0 Å². The highest BCUT2D eigenvalue weighted by molar-refractivity contribution is 7.58. The Hall–Kier alpha value is 0.430. The summed E-state index contributed by atoms with van der Waals surface area (Å²) in [6.45, 7) is 7.12. The van der Waals surface area contributed by atoms with E-state index in [-0.39, 0.29) is 0 Å². The summed E-state index contributed by atoms with van der Waals surface area (Å²) in [5.41, 5.74) is 1.14. The van der Waals surface area contributed by atoms with E-state index < -0.39 is 0 Å². The Morgan fingerprint density at radius 1 is 0.778 bits per heavy atom. The molecule has 0 radical (unpaired) electrons. The van der Waals surface area contributed by atoms with Gasteiger partial charge in [-0.05, 0) is 49.6 Å². The van der Waals surface area contributed by atoms with Crippen LogP contribution in [0.1, 0.15) is 85.0 Å². The van der Waals surface area contributed by atoms with Gasteiger partial charge in [0.05, 0.1) is 0 Å². The molecule has 0 amide bonds. The molecule has 0 unspecified atom stereocenters. The number of hydrogen-bond acceptors (Lipinski definition) is 0. The molecule has 0 aromatic heterocycles. The molecule has 108 valence electrons. The fourth-order valence-electron chi connectivity index (χ4n) is 3.21. The van der Waals surface area contributed by atoms with Crippen LogP contribution >= 0.6 is 7.92 Å². The van der Waals surface area contributed by atoms with Gasteiger partial charge in [0.15, 0.2) is 0 Å². The van der Waals surface area contributed by atoms with Gasteiger partial charge in [-0.2, -0.15) is 0 Å². The molecule has 1 fully saturated rings. The van der Waals surface area contributed by atoms with Gasteiger partial charge in [-0.3, -0.25) is 0 Å². The molecule has 1 aliphatic carbocycles. The van der Waals surface area contributed by atoms with Gasteiger partial charge in [-0.15, -0.1) is 7.92 Å². The molecule has 0 aliphatic heterocycles. The number of rotatable bonds is 9. The van der Waals surface area contributed by atoms with Gasteiger partial charge in [0, 0.05) is 0 Å². The minimum atomic E-state index is 0.379. The summed E-state index contributed by atoms with van der Waals surface area (Å²) in [6, 6.07) is 0. The van der Waals surface area contributed by atoms with Crippen LogP contribution in [0.25, 0.3) is 0 Å². The monoisotopic (exact) mass is 270 g/mol. The summed E-state index contributed by atoms with van der Waals surface area (Å²) < 4.78 is 0. The lowest BCUT2D eigenvalue weighted by Gasteiger charge is -2.33. The molecule has 0 aromatic carbocycles. The molecule has 0 heterocycles. The minimum absolute atomic E-state index is 0.379. The Kier molecular flexibility index (Phi) is 9.38. The van der Waals surface area contributed by atoms with Crippen LogP contribution in [-0.4, -0.2) is 18.0 Å². The van der Waals surface area contributed by atoms with E-state index in [9.17, 15) is 0 Å². The molecule has 0 spiro atoms. The highest BCUT2D eigenvalue weighted by Crippen LogP contribution is 2.50. The molecular formula is C17H35P. The molecule has 18 heavy (non-hydrogen) atoms. The molecule has 1 heteroatoms. The Balaban J connectivity index is 2.32. The Bertz CT molecular complexity index is 172. The van der Waals surface area contributed by atoms with Crippen LogP contribution in [0, 0.1) is 5.92 Å². The Morgan fingerprint density at radius 2 is 1.28 bits per heavy atom. The van der Waals surface area contributed by atoms with E-state index >= 15 is 0 Å². The van der Waals surface area contributed by atoms with Gasteiger partial charge in [-0.1, -0.05) is 59.3 Å². The van der Waals surface area contributed by atoms with Gasteiger partial charge in [0.25, 0.3) is 0 Å². The third-order valence-electron chi connectivity index (χ3n) is 4.60. The second-order valence-electron chi connectivity index (χ2n) is 6.36. The van der Waals surface area contributed by atoms with Crippen molar-refractivity contribution < 1.29 is 0 Å². The highest BCUT2D eigenvalue weighted by atomic mass is 31.1. The lowest BCUT2D eigenvalue weighted by molar-refractivity contribution is 0.389. The normalized spacial score (nSPS) is 24.7. The van der Waals surface area contributed by atoms with Gasteiger partial charge in [-0.25, -0.2) is 0 Å². The topological polar surface area (TPSA) is 0 Å². The first-order chi connectivity index (χ1) is 8.77. The molecule has 0 saturated heterocycles. The zero-order valence-corrected chi connectivity index (χ0v) is 14.0. The average molecular weight is 270 g/mol. The van der Waals surface area contributed by atoms with Crippen molar-refractivity contribution in [3.63, 3.8) is 0 Å². The van der Waals surface area contributed by atoms with Gasteiger partial charge in [0.1, 0.15) is 0 Å². The Morgan fingerprint density at radius 3 is 1.72 bits per heavy atom. The van der Waals surface area contributed by atoms with Crippen LogP contribution < -0.4 is 0 Å². The molecular weight excluding hydrogens is 235 g/mol. The van der Waals surface area contributed by atoms with Crippen LogP contribution in [0.3, 0.4) is 0 Å². The molecule has 1 saturated carbocycles. The predicted molar refractivity (Wildman–Crippen MR) is 87.1 cm³/mol. The molecule has 1 rings (SSSR count). The van der Waals surface area contributed by atoms with E-state index in [1.807, 2.05) is 0 Å². The standard InChI is InChI=1S/C17H35P/c1-4-6-8-14-18(15-9-7-5-2)17-12-10-16(3)11-13-17/h16-17H,4-15H2,1-3H3. The SMILES string of the molecule is CCCCCP(CCCCC)C1CCC(C)CC1. The average Bonchev–Trinajstić information content (AvgIpc) is 2.38. The summed E-state index contributed by atoms with van der Waals surface area (Å²) in [6.07, 6.45) is 18.1. The molecule has 0 N–H and O–H groups in total. The maximum Gasteiger partial charge on any atom is -0.0209 e. The van der Waals surface area contributed by atoms with Crippen LogP contribution in [-0.2, 0) is 0 Å². The Labute approximate surface area is 117 Å². The highest BCUT2D eigenvalue weighted by Gasteiger charge is 2.24. The van der Waals surface area contributed by atoms with Crippen molar-refractivity contribution in [3.8, 4) is 0 Å². The minimum Gasteiger partial charge on any atom is -0.104 e. The molecule has 1 aliphatic rings. The second kappa shape index (κ2) is 10.2. The van der Waals surface area contributed by atoms with Crippen molar-refractivity contribution in [1.82, 2.24) is 0 Å². The third kappa shape index (κ3) is 6.55. The van der Waals surface area contributed by atoms with Crippen molar-refractivity contribution in [2.75, 3.05) is 12.3 Å². The van der Waals surface area contributed by atoms with E-state index in [1.54, 1.807) is 25.2 Å². The quantitative estimate of drug-likeness (QED) is 0.334. The zero-order valence-electron chi connectivity index (χ0n) is 13.1. The predicted octanol–water partition coefficient (Wildman–Crippen LogP) is 6.43. The van der Waals surface area contributed by atoms with Crippen LogP contribution in [0.2, 0.25) is 0 Å². The van der Waals surface area contributed by atoms with Gasteiger partial charge in [0.2, 0.25) is 0 Å². The van der Waals surface area contributed by atoms with Crippen LogP contribution in [0.5, 0.6) is 0 Å². The first-order valence-corrected chi connectivity index (χ1v) is 10.3. The first-order valence-electron chi connectivity index (χ1n) is 8.52. The van der Waals surface area contributed by atoms with Crippen molar-refractivity contribution in [3.05, 3.63) is 0 Å². The molecule has 0 atom stereocenters. The maximum atomic E-state index is 2.45. The van der Waals surface area contributed by atoms with Crippen LogP contribution in [0.4, 0.5) is 0 Å². The summed E-state index contributed by atoms with van der Waals surface area (Å²) in [7, 11) is 0.379. The first kappa shape index (κ1) is 16.5. The molecule has 0 bridgehead atoms. The van der Waals surface area contributed by atoms with E-state index in [2.05, 4.69) is 20.8 Å². The smallest absolute Gasteiger partial charge is 0.0209 e. The molecule has 0 aromatic rings. The zero-order chi connectivity index (χ0) is 13.2. The fraction of sp³-hybridized carbons (Fsp3) is 1.00. The summed E-state index contributed by atoms with van der Waals surface area (Å²) >= 11 is 0. The van der Waals surface area contributed by atoms with Crippen molar-refractivity contribution in [1.29, 1.82) is 0 Å². The lowest BCUT2D eigenvalue weighted by Crippen LogP contribution is -2.18. The van der Waals surface area contributed by atoms with Gasteiger partial charge < -0.3 is 0 Å². The lowest BCUT2D eigenvalue weighted by atomic mass is 9.91. The van der Waals surface area contributed by atoms with E-state index in [1.165, 1.54) is 51.4 Å². The summed E-state index contributed by atoms with van der Waals surface area (Å²) in [5, 5.41) is 0. The van der Waals surface area contributed by atoms with Crippen molar-refractivity contribution >= 4 is 7.92 Å². The molecule has 0 nitrogen and oxygen atoms in total. The third-order valence-corrected chi connectivity index (χ3v) is 7.93. The van der Waals surface area contributed by atoms with E-state index in [0.29, 0.717) is 7.92 Å². The number of unbranched alkanes of at least 4 members (excludes halogenated alkanes) is 4. The van der Waals surface area contributed by atoms with Crippen molar-refractivity contribution in [2.45, 2.75) is 90.6 Å². The largest absolute Gasteiger partial charge is 0.104 e. The maximum absolute atomic E-state index is 2.45.